The molecule has 2 heteroatoms. The largest absolute Gasteiger partial charge is 0.378 e. The maximum atomic E-state index is 5.66. The summed E-state index contributed by atoms with van der Waals surface area (Å²) in [5.74, 6) is 1.06. The van der Waals surface area contributed by atoms with E-state index in [-0.39, 0.29) is 0 Å². The fraction of sp³-hybridized carbons (Fsp3) is 1.00. The summed E-state index contributed by atoms with van der Waals surface area (Å²) in [7, 11) is 0. The summed E-state index contributed by atoms with van der Waals surface area (Å²) in [4.78, 5) is 0. The highest BCUT2D eigenvalue weighted by Crippen LogP contribution is 2.31. The molecule has 0 aromatic carbocycles. The van der Waals surface area contributed by atoms with E-state index in [0.29, 0.717) is 6.10 Å². The molecule has 0 amide bonds. The standard InChI is InChI=1S/C12H23NO/c1-2-12-9-11(6-8-14-12)13-7-5-10-3-4-10/h10-13H,2-9H2,1H3. The summed E-state index contributed by atoms with van der Waals surface area (Å²) < 4.78 is 5.66. The summed E-state index contributed by atoms with van der Waals surface area (Å²) in [6, 6.07) is 0.729. The van der Waals surface area contributed by atoms with Crippen molar-refractivity contribution < 1.29 is 4.74 Å². The van der Waals surface area contributed by atoms with Gasteiger partial charge in [-0.2, -0.15) is 0 Å². The van der Waals surface area contributed by atoms with Gasteiger partial charge in [0.25, 0.3) is 0 Å². The van der Waals surface area contributed by atoms with E-state index in [2.05, 4.69) is 12.2 Å². The van der Waals surface area contributed by atoms with Crippen LogP contribution < -0.4 is 5.32 Å². The molecule has 0 bridgehead atoms. The molecule has 14 heavy (non-hydrogen) atoms. The first kappa shape index (κ1) is 10.4. The Balaban J connectivity index is 1.58. The van der Waals surface area contributed by atoms with E-state index >= 15 is 0 Å². The lowest BCUT2D eigenvalue weighted by Crippen LogP contribution is -2.39. The second-order valence-corrected chi connectivity index (χ2v) is 4.81. The van der Waals surface area contributed by atoms with Crippen molar-refractivity contribution in [2.24, 2.45) is 5.92 Å². The molecule has 0 radical (unpaired) electrons. The predicted octanol–water partition coefficient (Wildman–Crippen LogP) is 2.33. The highest BCUT2D eigenvalue weighted by Gasteiger charge is 2.23. The number of hydrogen-bond donors (Lipinski definition) is 1. The van der Waals surface area contributed by atoms with E-state index in [0.717, 1.165) is 18.6 Å². The molecule has 0 aromatic heterocycles. The van der Waals surface area contributed by atoms with Crippen molar-refractivity contribution in [2.45, 2.75) is 57.6 Å². The van der Waals surface area contributed by atoms with Crippen LogP contribution in [-0.4, -0.2) is 25.3 Å². The molecule has 2 aliphatic rings. The van der Waals surface area contributed by atoms with Gasteiger partial charge in [0.05, 0.1) is 6.10 Å². The number of nitrogens with one attached hydrogen (secondary N) is 1. The average molecular weight is 197 g/mol. The van der Waals surface area contributed by atoms with Crippen LogP contribution in [-0.2, 0) is 4.74 Å². The van der Waals surface area contributed by atoms with E-state index in [1.54, 1.807) is 0 Å². The van der Waals surface area contributed by atoms with Gasteiger partial charge < -0.3 is 10.1 Å². The van der Waals surface area contributed by atoms with Gasteiger partial charge in [-0.1, -0.05) is 19.8 Å². The topological polar surface area (TPSA) is 21.3 Å². The quantitative estimate of drug-likeness (QED) is 0.730. The van der Waals surface area contributed by atoms with Gasteiger partial charge in [-0.15, -0.1) is 0 Å². The van der Waals surface area contributed by atoms with Crippen molar-refractivity contribution in [1.82, 2.24) is 5.32 Å². The predicted molar refractivity (Wildman–Crippen MR) is 58.4 cm³/mol. The highest BCUT2D eigenvalue weighted by atomic mass is 16.5. The Labute approximate surface area is 87.4 Å². The maximum absolute atomic E-state index is 5.66. The number of ether oxygens (including phenoxy) is 1. The smallest absolute Gasteiger partial charge is 0.0587 e. The molecule has 2 unspecified atom stereocenters. The molecule has 2 rings (SSSR count). The van der Waals surface area contributed by atoms with Gasteiger partial charge in [-0.05, 0) is 38.1 Å². The van der Waals surface area contributed by atoms with Gasteiger partial charge in [0, 0.05) is 12.6 Å². The summed E-state index contributed by atoms with van der Waals surface area (Å²) in [5.41, 5.74) is 0. The third kappa shape index (κ3) is 3.25. The second-order valence-electron chi connectivity index (χ2n) is 4.81. The first-order valence-electron chi connectivity index (χ1n) is 6.23. The lowest BCUT2D eigenvalue weighted by molar-refractivity contribution is -0.0000298. The van der Waals surface area contributed by atoms with Crippen LogP contribution in [0.4, 0.5) is 0 Å². The van der Waals surface area contributed by atoms with Gasteiger partial charge in [-0.25, -0.2) is 0 Å². The first-order valence-corrected chi connectivity index (χ1v) is 6.23. The molecule has 1 saturated heterocycles. The van der Waals surface area contributed by atoms with E-state index in [9.17, 15) is 0 Å². The van der Waals surface area contributed by atoms with Crippen molar-refractivity contribution in [2.75, 3.05) is 13.2 Å². The van der Waals surface area contributed by atoms with Gasteiger partial charge in [0.1, 0.15) is 0 Å². The summed E-state index contributed by atoms with van der Waals surface area (Å²) >= 11 is 0. The lowest BCUT2D eigenvalue weighted by Gasteiger charge is -2.29. The van der Waals surface area contributed by atoms with E-state index in [4.69, 9.17) is 4.74 Å². The Bertz CT molecular complexity index is 168. The minimum absolute atomic E-state index is 0.516. The fourth-order valence-electron chi connectivity index (χ4n) is 2.25. The molecule has 1 heterocycles. The Kier molecular flexibility index (Phi) is 3.82. The molecule has 2 fully saturated rings. The Hall–Kier alpha value is -0.0800. The molecule has 82 valence electrons. The van der Waals surface area contributed by atoms with Crippen molar-refractivity contribution in [3.8, 4) is 0 Å². The minimum Gasteiger partial charge on any atom is -0.378 e. The maximum Gasteiger partial charge on any atom is 0.0587 e. The van der Waals surface area contributed by atoms with Crippen LogP contribution in [0.1, 0.15) is 45.4 Å². The number of hydrogen-bond acceptors (Lipinski definition) is 2. The monoisotopic (exact) mass is 197 g/mol. The zero-order chi connectivity index (χ0) is 9.80. The van der Waals surface area contributed by atoms with Gasteiger partial charge in [0.2, 0.25) is 0 Å². The minimum atomic E-state index is 0.516. The van der Waals surface area contributed by atoms with E-state index in [1.165, 1.54) is 45.1 Å². The van der Waals surface area contributed by atoms with Crippen LogP contribution in [0.3, 0.4) is 0 Å². The SMILES string of the molecule is CCC1CC(NCCC2CC2)CCO1. The highest BCUT2D eigenvalue weighted by molar-refractivity contribution is 4.78. The van der Waals surface area contributed by atoms with E-state index < -0.39 is 0 Å². The molecule has 2 atom stereocenters. The summed E-state index contributed by atoms with van der Waals surface area (Å²) in [5, 5.41) is 3.68. The lowest BCUT2D eigenvalue weighted by atomic mass is 10.0. The van der Waals surface area contributed by atoms with Crippen LogP contribution in [0.15, 0.2) is 0 Å². The Morgan fingerprint density at radius 3 is 2.86 bits per heavy atom. The molecular weight excluding hydrogens is 174 g/mol. The normalized spacial score (nSPS) is 33.2. The molecule has 0 aromatic rings. The zero-order valence-corrected chi connectivity index (χ0v) is 9.30. The third-order valence-electron chi connectivity index (χ3n) is 3.51. The van der Waals surface area contributed by atoms with Gasteiger partial charge in [-0.3, -0.25) is 0 Å². The Morgan fingerprint density at radius 1 is 1.29 bits per heavy atom. The molecule has 1 aliphatic carbocycles. The summed E-state index contributed by atoms with van der Waals surface area (Å²) in [6.07, 6.45) is 8.47. The first-order chi connectivity index (χ1) is 6.88. The fourth-order valence-corrected chi connectivity index (χ4v) is 2.25. The molecule has 2 nitrogen and oxygen atoms in total. The van der Waals surface area contributed by atoms with Crippen LogP contribution in [0.25, 0.3) is 0 Å². The van der Waals surface area contributed by atoms with Gasteiger partial charge >= 0.3 is 0 Å². The van der Waals surface area contributed by atoms with Crippen LogP contribution in [0.5, 0.6) is 0 Å². The van der Waals surface area contributed by atoms with Crippen LogP contribution >= 0.6 is 0 Å². The third-order valence-corrected chi connectivity index (χ3v) is 3.51. The Morgan fingerprint density at radius 2 is 2.14 bits per heavy atom. The zero-order valence-electron chi connectivity index (χ0n) is 9.30. The van der Waals surface area contributed by atoms with Crippen LogP contribution in [0.2, 0.25) is 0 Å². The van der Waals surface area contributed by atoms with Crippen molar-refractivity contribution in [3.63, 3.8) is 0 Å². The molecule has 1 N–H and O–H groups in total. The second kappa shape index (κ2) is 5.13. The number of rotatable bonds is 5. The molecule has 1 aliphatic heterocycles. The molecule has 0 spiro atoms. The van der Waals surface area contributed by atoms with E-state index in [1.807, 2.05) is 0 Å². The average Bonchev–Trinajstić information content (AvgIpc) is 3.02. The molecular formula is C12H23NO. The van der Waals surface area contributed by atoms with Crippen LogP contribution in [0, 0.1) is 5.92 Å². The summed E-state index contributed by atoms with van der Waals surface area (Å²) in [6.45, 7) is 4.41. The van der Waals surface area contributed by atoms with Gasteiger partial charge in [0.15, 0.2) is 0 Å². The van der Waals surface area contributed by atoms with Crippen molar-refractivity contribution in [1.29, 1.82) is 0 Å². The van der Waals surface area contributed by atoms with Crippen molar-refractivity contribution in [3.05, 3.63) is 0 Å². The van der Waals surface area contributed by atoms with Crippen molar-refractivity contribution >= 4 is 0 Å². The molecule has 1 saturated carbocycles.